The Morgan fingerprint density at radius 3 is 2.59 bits per heavy atom. The average molecular weight is 454 g/mol. The Labute approximate surface area is 195 Å². The van der Waals surface area contributed by atoms with Crippen molar-refractivity contribution in [2.45, 2.75) is 19.9 Å². The van der Waals surface area contributed by atoms with E-state index in [-0.39, 0.29) is 18.2 Å². The molecule has 0 bridgehead atoms. The Morgan fingerprint density at radius 2 is 1.85 bits per heavy atom. The molecule has 1 aliphatic heterocycles. The van der Waals surface area contributed by atoms with Crippen molar-refractivity contribution in [2.24, 2.45) is 5.92 Å². The number of amides is 2. The fourth-order valence-corrected chi connectivity index (χ4v) is 3.81. The maximum absolute atomic E-state index is 12.7. The number of carbonyl (C=O) groups excluding carboxylic acids is 2. The van der Waals surface area contributed by atoms with Crippen LogP contribution in [0.5, 0.6) is 0 Å². The first kappa shape index (κ1) is 21.4. The number of carbonyl (C=O) groups is 2. The molecule has 1 N–H and O–H groups in total. The Balaban J connectivity index is 1.20. The van der Waals surface area contributed by atoms with Crippen molar-refractivity contribution < 1.29 is 14.1 Å². The molecule has 3 heterocycles. The molecule has 0 spiro atoms. The third-order valence-electron chi connectivity index (χ3n) is 5.69. The number of nitrogens with one attached hydrogen (secondary N) is 1. The Kier molecular flexibility index (Phi) is 5.82. The van der Waals surface area contributed by atoms with E-state index in [1.54, 1.807) is 35.6 Å². The first-order valence-electron chi connectivity index (χ1n) is 10.9. The molecule has 9 nitrogen and oxygen atoms in total. The molecule has 1 aliphatic rings. The van der Waals surface area contributed by atoms with E-state index in [1.807, 2.05) is 43.3 Å². The first-order valence-corrected chi connectivity index (χ1v) is 10.9. The van der Waals surface area contributed by atoms with Crippen LogP contribution in [0.1, 0.15) is 17.7 Å². The number of anilines is 1. The third-order valence-corrected chi connectivity index (χ3v) is 5.69. The van der Waals surface area contributed by atoms with Crippen molar-refractivity contribution in [3.63, 3.8) is 0 Å². The van der Waals surface area contributed by atoms with Crippen LogP contribution in [0.4, 0.5) is 5.69 Å². The van der Waals surface area contributed by atoms with Gasteiger partial charge in [0.25, 0.3) is 5.89 Å². The molecule has 170 valence electrons. The molecule has 1 saturated heterocycles. The average Bonchev–Trinajstić information content (AvgIpc) is 3.48. The van der Waals surface area contributed by atoms with E-state index >= 15 is 0 Å². The molecule has 0 saturated carbocycles. The topological polar surface area (TPSA) is 114 Å². The van der Waals surface area contributed by atoms with Gasteiger partial charge in [0.2, 0.25) is 17.6 Å². The minimum absolute atomic E-state index is 0.0670. The zero-order chi connectivity index (χ0) is 23.5. The van der Waals surface area contributed by atoms with E-state index in [1.165, 1.54) is 0 Å². The van der Waals surface area contributed by atoms with E-state index in [4.69, 9.17) is 4.52 Å². The predicted molar refractivity (Wildman–Crippen MR) is 124 cm³/mol. The summed E-state index contributed by atoms with van der Waals surface area (Å²) in [7, 11) is 0. The Bertz CT molecular complexity index is 1300. The number of hydrogen-bond donors (Lipinski definition) is 1. The van der Waals surface area contributed by atoms with Gasteiger partial charge in [-0.3, -0.25) is 19.6 Å². The highest BCUT2D eigenvalue weighted by atomic mass is 16.5. The van der Waals surface area contributed by atoms with E-state index in [0.29, 0.717) is 36.2 Å². The molecule has 5 rings (SSSR count). The second-order valence-corrected chi connectivity index (χ2v) is 8.23. The number of aromatic nitrogens is 4. The number of benzene rings is 2. The van der Waals surface area contributed by atoms with Gasteiger partial charge in [0.1, 0.15) is 0 Å². The second kappa shape index (κ2) is 9.22. The highest BCUT2D eigenvalue weighted by Crippen LogP contribution is 2.25. The lowest BCUT2D eigenvalue weighted by Crippen LogP contribution is -2.28. The minimum atomic E-state index is -0.418. The van der Waals surface area contributed by atoms with E-state index in [9.17, 15) is 9.59 Å². The van der Waals surface area contributed by atoms with E-state index in [2.05, 4.69) is 25.4 Å². The van der Waals surface area contributed by atoms with Crippen molar-refractivity contribution in [2.75, 3.05) is 11.9 Å². The summed E-state index contributed by atoms with van der Waals surface area (Å²) in [6.45, 7) is 2.72. The molecule has 1 fully saturated rings. The number of rotatable bonds is 6. The minimum Gasteiger partial charge on any atom is -0.336 e. The molecule has 0 aliphatic carbocycles. The fraction of sp³-hybridized carbons (Fsp3) is 0.200. The number of nitrogens with zero attached hydrogens (tertiary/aromatic N) is 5. The van der Waals surface area contributed by atoms with Crippen molar-refractivity contribution in [1.82, 2.24) is 25.0 Å². The quantitative estimate of drug-likeness (QED) is 0.474. The van der Waals surface area contributed by atoms with Crippen LogP contribution in [0, 0.1) is 12.8 Å². The summed E-state index contributed by atoms with van der Waals surface area (Å²) >= 11 is 0. The van der Waals surface area contributed by atoms with Crippen molar-refractivity contribution in [1.29, 1.82) is 0 Å². The van der Waals surface area contributed by atoms with Crippen molar-refractivity contribution >= 4 is 17.5 Å². The van der Waals surface area contributed by atoms with Crippen LogP contribution >= 0.6 is 0 Å². The van der Waals surface area contributed by atoms with Gasteiger partial charge in [-0.25, -0.2) is 0 Å². The molecule has 2 amide bonds. The highest BCUT2D eigenvalue weighted by molar-refractivity contribution is 5.97. The van der Waals surface area contributed by atoms with Crippen molar-refractivity contribution in [3.05, 3.63) is 78.4 Å². The van der Waals surface area contributed by atoms with E-state index in [0.717, 1.165) is 16.7 Å². The van der Waals surface area contributed by atoms with Gasteiger partial charge in [-0.15, -0.1) is 0 Å². The lowest BCUT2D eigenvalue weighted by Gasteiger charge is -2.15. The smallest absolute Gasteiger partial charge is 0.258 e. The standard InChI is InChI=1S/C25H22N6O3/c1-16-2-4-18(5-3-16)25-29-23(30-34-25)17-6-8-20(9-7-17)28-24(33)19-12-22(32)31(14-19)15-21-13-26-10-11-27-21/h2-11,13,19H,12,14-15H2,1H3,(H,28,33). The van der Waals surface area contributed by atoms with Crippen LogP contribution < -0.4 is 5.32 Å². The normalized spacial score (nSPS) is 15.5. The summed E-state index contributed by atoms with van der Waals surface area (Å²) < 4.78 is 5.39. The summed E-state index contributed by atoms with van der Waals surface area (Å²) in [4.78, 5) is 39.4. The SMILES string of the molecule is Cc1ccc(-c2nc(-c3ccc(NC(=O)C4CC(=O)N(Cc5cnccn5)C4)cc3)no2)cc1. The number of hydrogen-bond acceptors (Lipinski definition) is 7. The fourth-order valence-electron chi connectivity index (χ4n) is 3.81. The van der Waals surface area contributed by atoms with Crippen LogP contribution in [0.2, 0.25) is 0 Å². The van der Waals surface area contributed by atoms with Gasteiger partial charge in [-0.1, -0.05) is 22.9 Å². The molecule has 1 atom stereocenters. The first-order chi connectivity index (χ1) is 16.5. The largest absolute Gasteiger partial charge is 0.336 e. The van der Waals surface area contributed by atoms with Crippen LogP contribution in [-0.2, 0) is 16.1 Å². The van der Waals surface area contributed by atoms with Gasteiger partial charge in [-0.05, 0) is 43.3 Å². The molecule has 34 heavy (non-hydrogen) atoms. The summed E-state index contributed by atoms with van der Waals surface area (Å²) in [5, 5.41) is 6.96. The van der Waals surface area contributed by atoms with Gasteiger partial charge >= 0.3 is 0 Å². The molecular weight excluding hydrogens is 432 g/mol. The van der Waals surface area contributed by atoms with Crippen molar-refractivity contribution in [3.8, 4) is 22.8 Å². The zero-order valence-electron chi connectivity index (χ0n) is 18.5. The van der Waals surface area contributed by atoms with E-state index < -0.39 is 5.92 Å². The van der Waals surface area contributed by atoms with Crippen LogP contribution in [-0.4, -0.2) is 43.4 Å². The Morgan fingerprint density at radius 1 is 1.09 bits per heavy atom. The van der Waals surface area contributed by atoms with Crippen LogP contribution in [0.15, 0.2) is 71.6 Å². The lowest BCUT2D eigenvalue weighted by molar-refractivity contribution is -0.128. The summed E-state index contributed by atoms with van der Waals surface area (Å²) in [6.07, 6.45) is 4.96. The predicted octanol–water partition coefficient (Wildman–Crippen LogP) is 3.49. The molecular formula is C25H22N6O3. The number of aryl methyl sites for hydroxylation is 1. The monoisotopic (exact) mass is 454 g/mol. The highest BCUT2D eigenvalue weighted by Gasteiger charge is 2.34. The summed E-state index contributed by atoms with van der Waals surface area (Å²) in [6, 6.07) is 15.1. The third kappa shape index (κ3) is 4.68. The van der Waals surface area contributed by atoms with Gasteiger partial charge < -0.3 is 14.7 Å². The molecule has 0 radical (unpaired) electrons. The summed E-state index contributed by atoms with van der Waals surface area (Å²) in [5.74, 6) is 0.239. The second-order valence-electron chi connectivity index (χ2n) is 8.23. The van der Waals surface area contributed by atoms with Gasteiger partial charge in [0, 0.05) is 42.2 Å². The molecule has 4 aromatic rings. The molecule has 1 unspecified atom stereocenters. The van der Waals surface area contributed by atoms with Gasteiger partial charge in [0.05, 0.1) is 24.4 Å². The lowest BCUT2D eigenvalue weighted by atomic mass is 10.1. The molecule has 2 aromatic heterocycles. The van der Waals surface area contributed by atoms with Crippen LogP contribution in [0.25, 0.3) is 22.8 Å². The number of likely N-dealkylation sites (tertiary alicyclic amines) is 1. The summed E-state index contributed by atoms with van der Waals surface area (Å²) in [5.41, 5.74) is 4.11. The Hall–Kier alpha value is -4.40. The zero-order valence-corrected chi connectivity index (χ0v) is 18.5. The van der Waals surface area contributed by atoms with Gasteiger partial charge in [0.15, 0.2) is 0 Å². The molecule has 2 aromatic carbocycles. The maximum atomic E-state index is 12.7. The molecule has 9 heteroatoms. The van der Waals surface area contributed by atoms with Gasteiger partial charge in [-0.2, -0.15) is 4.98 Å². The maximum Gasteiger partial charge on any atom is 0.258 e. The van der Waals surface area contributed by atoms with Crippen LogP contribution in [0.3, 0.4) is 0 Å².